The average molecular weight is 341 g/mol. The first-order chi connectivity index (χ1) is 10.5. The molecule has 1 aromatic carbocycles. The maximum absolute atomic E-state index is 6.33. The van der Waals surface area contributed by atoms with E-state index in [0.717, 1.165) is 18.8 Å². The molecule has 0 amide bonds. The summed E-state index contributed by atoms with van der Waals surface area (Å²) in [7, 11) is 1.85. The highest BCUT2D eigenvalue weighted by atomic mass is 35.5. The molecule has 22 heavy (non-hydrogen) atoms. The third-order valence-corrected chi connectivity index (χ3v) is 7.06. The Labute approximate surface area is 144 Å². The van der Waals surface area contributed by atoms with E-state index in [9.17, 15) is 0 Å². The van der Waals surface area contributed by atoms with Crippen LogP contribution < -0.4 is 0 Å². The number of benzene rings is 1. The lowest BCUT2D eigenvalue weighted by molar-refractivity contribution is -0.0475. The van der Waals surface area contributed by atoms with Crippen molar-refractivity contribution in [1.82, 2.24) is 0 Å². The zero-order chi connectivity index (χ0) is 15.8. The second kappa shape index (κ2) is 6.34. The second-order valence-electron chi connectivity index (χ2n) is 7.42. The molecule has 0 spiro atoms. The van der Waals surface area contributed by atoms with Crippen molar-refractivity contribution >= 4 is 23.2 Å². The summed E-state index contributed by atoms with van der Waals surface area (Å²) in [5, 5.41) is 1.35. The Balaban J connectivity index is 1.95. The highest BCUT2D eigenvalue weighted by molar-refractivity contribution is 6.42. The van der Waals surface area contributed by atoms with E-state index in [1.165, 1.54) is 44.1 Å². The highest BCUT2D eigenvalue weighted by Crippen LogP contribution is 2.53. The zero-order valence-electron chi connectivity index (χ0n) is 13.6. The third-order valence-electron chi connectivity index (χ3n) is 6.32. The van der Waals surface area contributed by atoms with Crippen LogP contribution in [0.5, 0.6) is 0 Å². The molecule has 0 radical (unpaired) electrons. The van der Waals surface area contributed by atoms with Gasteiger partial charge < -0.3 is 4.74 Å². The predicted molar refractivity (Wildman–Crippen MR) is 94.0 cm³/mol. The predicted octanol–water partition coefficient (Wildman–Crippen LogP) is 6.40. The van der Waals surface area contributed by atoms with E-state index in [1.54, 1.807) is 0 Å². The van der Waals surface area contributed by atoms with Gasteiger partial charge in [-0.1, -0.05) is 42.1 Å². The largest absolute Gasteiger partial charge is 0.379 e. The molecule has 0 aliphatic heterocycles. The fourth-order valence-corrected chi connectivity index (χ4v) is 4.94. The quantitative estimate of drug-likeness (QED) is 0.618. The molecule has 0 atom stereocenters. The summed E-state index contributed by atoms with van der Waals surface area (Å²) in [6.45, 7) is 2.25. The lowest BCUT2D eigenvalue weighted by atomic mass is 9.59. The SMILES string of the molecule is CO[C@]1(C)CC[C@@](c2ccc(Cl)c(Cl)c2)(C2CCCC2)CC1. The minimum Gasteiger partial charge on any atom is -0.379 e. The Morgan fingerprint density at radius 1 is 1.00 bits per heavy atom. The topological polar surface area (TPSA) is 9.23 Å². The fourth-order valence-electron chi connectivity index (χ4n) is 4.65. The normalized spacial score (nSPS) is 33.3. The first kappa shape index (κ1) is 16.6. The van der Waals surface area contributed by atoms with Crippen LogP contribution in [0, 0.1) is 5.92 Å². The molecule has 0 aromatic heterocycles. The molecule has 3 rings (SSSR count). The average Bonchev–Trinajstić information content (AvgIpc) is 3.06. The minimum atomic E-state index is 0.0400. The van der Waals surface area contributed by atoms with Gasteiger partial charge in [0.25, 0.3) is 0 Å². The summed E-state index contributed by atoms with van der Waals surface area (Å²) < 4.78 is 5.77. The van der Waals surface area contributed by atoms with Gasteiger partial charge in [-0.2, -0.15) is 0 Å². The van der Waals surface area contributed by atoms with Crippen LogP contribution in [-0.2, 0) is 10.2 Å². The van der Waals surface area contributed by atoms with E-state index >= 15 is 0 Å². The maximum atomic E-state index is 6.33. The van der Waals surface area contributed by atoms with Crippen LogP contribution in [0.1, 0.15) is 63.9 Å². The Morgan fingerprint density at radius 3 is 2.18 bits per heavy atom. The van der Waals surface area contributed by atoms with E-state index in [-0.39, 0.29) is 11.0 Å². The molecule has 0 saturated heterocycles. The molecular weight excluding hydrogens is 315 g/mol. The Bertz CT molecular complexity index is 526. The molecule has 0 heterocycles. The molecular formula is C19H26Cl2O. The standard InChI is InChI=1S/C19H26Cl2O/c1-18(22-2)9-11-19(12-10-18,14-5-3-4-6-14)15-7-8-16(20)17(21)13-15/h7-8,13-14H,3-6,9-12H2,1-2H3/t18-,19+. The van der Waals surface area contributed by atoms with Crippen molar-refractivity contribution in [3.8, 4) is 0 Å². The van der Waals surface area contributed by atoms with E-state index in [2.05, 4.69) is 19.1 Å². The van der Waals surface area contributed by atoms with Crippen molar-refractivity contribution in [3.63, 3.8) is 0 Å². The van der Waals surface area contributed by atoms with Crippen molar-refractivity contribution in [2.75, 3.05) is 7.11 Å². The number of hydrogen-bond donors (Lipinski definition) is 0. The van der Waals surface area contributed by atoms with Gasteiger partial charge >= 0.3 is 0 Å². The summed E-state index contributed by atoms with van der Waals surface area (Å²) >= 11 is 12.5. The van der Waals surface area contributed by atoms with Gasteiger partial charge in [-0.3, -0.25) is 0 Å². The lowest BCUT2D eigenvalue weighted by Gasteiger charge is -2.48. The van der Waals surface area contributed by atoms with Crippen LogP contribution in [-0.4, -0.2) is 12.7 Å². The number of halogens is 2. The first-order valence-corrected chi connectivity index (χ1v) is 9.25. The van der Waals surface area contributed by atoms with E-state index in [0.29, 0.717) is 10.0 Å². The van der Waals surface area contributed by atoms with E-state index in [1.807, 2.05) is 13.2 Å². The number of hydrogen-bond acceptors (Lipinski definition) is 1. The summed E-state index contributed by atoms with van der Waals surface area (Å²) in [5.41, 5.74) is 1.70. The molecule has 2 saturated carbocycles. The lowest BCUT2D eigenvalue weighted by Crippen LogP contribution is -2.44. The van der Waals surface area contributed by atoms with Gasteiger partial charge in [0.15, 0.2) is 0 Å². The molecule has 0 unspecified atom stereocenters. The summed E-state index contributed by atoms with van der Waals surface area (Å²) in [6.07, 6.45) is 10.1. The van der Waals surface area contributed by atoms with Crippen LogP contribution in [0.25, 0.3) is 0 Å². The molecule has 1 nitrogen and oxygen atoms in total. The van der Waals surface area contributed by atoms with Crippen LogP contribution >= 0.6 is 23.2 Å². The van der Waals surface area contributed by atoms with Crippen molar-refractivity contribution in [3.05, 3.63) is 33.8 Å². The minimum absolute atomic E-state index is 0.0400. The molecule has 0 bridgehead atoms. The highest BCUT2D eigenvalue weighted by Gasteiger charge is 2.47. The Morgan fingerprint density at radius 2 is 1.64 bits per heavy atom. The Hall–Kier alpha value is -0.240. The second-order valence-corrected chi connectivity index (χ2v) is 8.23. The molecule has 2 aliphatic carbocycles. The molecule has 2 fully saturated rings. The van der Waals surface area contributed by atoms with Crippen molar-refractivity contribution in [2.24, 2.45) is 5.92 Å². The maximum Gasteiger partial charge on any atom is 0.0651 e. The van der Waals surface area contributed by atoms with Crippen LogP contribution in [0.4, 0.5) is 0 Å². The summed E-state index contributed by atoms with van der Waals surface area (Å²) in [5.74, 6) is 0.783. The van der Waals surface area contributed by atoms with Gasteiger partial charge in [-0.25, -0.2) is 0 Å². The van der Waals surface area contributed by atoms with Gasteiger partial charge in [0.05, 0.1) is 15.6 Å². The first-order valence-electron chi connectivity index (χ1n) is 8.50. The van der Waals surface area contributed by atoms with Crippen LogP contribution in [0.3, 0.4) is 0 Å². The molecule has 0 N–H and O–H groups in total. The van der Waals surface area contributed by atoms with Crippen molar-refractivity contribution in [1.29, 1.82) is 0 Å². The number of rotatable bonds is 3. The fraction of sp³-hybridized carbons (Fsp3) is 0.684. The molecule has 122 valence electrons. The smallest absolute Gasteiger partial charge is 0.0651 e. The van der Waals surface area contributed by atoms with Gasteiger partial charge in [-0.05, 0) is 74.5 Å². The monoisotopic (exact) mass is 340 g/mol. The summed E-state index contributed by atoms with van der Waals surface area (Å²) in [6, 6.07) is 6.31. The van der Waals surface area contributed by atoms with E-state index in [4.69, 9.17) is 27.9 Å². The van der Waals surface area contributed by atoms with Crippen molar-refractivity contribution in [2.45, 2.75) is 69.3 Å². The van der Waals surface area contributed by atoms with E-state index < -0.39 is 0 Å². The van der Waals surface area contributed by atoms with Crippen molar-refractivity contribution < 1.29 is 4.74 Å². The number of methoxy groups -OCH3 is 1. The molecule has 2 aliphatic rings. The zero-order valence-corrected chi connectivity index (χ0v) is 15.1. The van der Waals surface area contributed by atoms with Gasteiger partial charge in [0, 0.05) is 7.11 Å². The Kier molecular flexibility index (Phi) is 4.79. The molecule has 3 heteroatoms. The van der Waals surface area contributed by atoms with Gasteiger partial charge in [-0.15, -0.1) is 0 Å². The van der Waals surface area contributed by atoms with Crippen LogP contribution in [0.15, 0.2) is 18.2 Å². The van der Waals surface area contributed by atoms with Gasteiger partial charge in [0.1, 0.15) is 0 Å². The summed E-state index contributed by atoms with van der Waals surface area (Å²) in [4.78, 5) is 0. The molecule has 1 aromatic rings. The van der Waals surface area contributed by atoms with Gasteiger partial charge in [0.2, 0.25) is 0 Å². The third kappa shape index (κ3) is 2.92. The van der Waals surface area contributed by atoms with Crippen LogP contribution in [0.2, 0.25) is 10.0 Å². The number of ether oxygens (including phenoxy) is 1.